The summed E-state index contributed by atoms with van der Waals surface area (Å²) in [5, 5.41) is 16.0. The second kappa shape index (κ2) is 16.7. The van der Waals surface area contributed by atoms with Crippen LogP contribution in [0.25, 0.3) is 0 Å². The summed E-state index contributed by atoms with van der Waals surface area (Å²) in [6.07, 6.45) is 12.0. The fourth-order valence-corrected chi connectivity index (χ4v) is 0.498. The van der Waals surface area contributed by atoms with Crippen molar-refractivity contribution < 1.29 is 19.8 Å². The standard InChI is InChI=1S/2C6H8O2.S/c2*1-2-3-4-5-6(7)8;/h2*2-5H,1H3,(H,7,8);/b2*3-2+,5-4+;. The molecule has 94 valence electrons. The van der Waals surface area contributed by atoms with E-state index in [1.807, 2.05) is 13.8 Å². The molecule has 0 heterocycles. The van der Waals surface area contributed by atoms with Gasteiger partial charge in [0.1, 0.15) is 0 Å². The molecule has 0 bridgehead atoms. The van der Waals surface area contributed by atoms with Crippen molar-refractivity contribution in [2.24, 2.45) is 0 Å². The highest BCUT2D eigenvalue weighted by Crippen LogP contribution is 1.75. The highest BCUT2D eigenvalue weighted by Gasteiger charge is 1.79. The molecule has 0 aromatic heterocycles. The van der Waals surface area contributed by atoms with E-state index in [0.29, 0.717) is 0 Å². The highest BCUT2D eigenvalue weighted by molar-refractivity contribution is 7.59. The molecule has 17 heavy (non-hydrogen) atoms. The van der Waals surface area contributed by atoms with Crippen LogP contribution in [0.1, 0.15) is 13.8 Å². The summed E-state index contributed by atoms with van der Waals surface area (Å²) >= 11 is 0. The summed E-state index contributed by atoms with van der Waals surface area (Å²) in [7, 11) is 0. The quantitative estimate of drug-likeness (QED) is 0.599. The van der Waals surface area contributed by atoms with Gasteiger partial charge in [-0.15, -0.1) is 0 Å². The largest absolute Gasteiger partial charge is 0.478 e. The maximum absolute atomic E-state index is 9.75. The molecule has 0 saturated heterocycles. The van der Waals surface area contributed by atoms with Crippen LogP contribution in [0.4, 0.5) is 0 Å². The second-order valence-corrected chi connectivity index (χ2v) is 2.45. The number of carboxylic acids is 2. The molecule has 0 atom stereocenters. The Bertz CT molecular complexity index is 282. The third kappa shape index (κ3) is 31.4. The Morgan fingerprint density at radius 2 is 1.06 bits per heavy atom. The lowest BCUT2D eigenvalue weighted by atomic mass is 10.4. The second-order valence-electron chi connectivity index (χ2n) is 2.45. The van der Waals surface area contributed by atoms with Crippen LogP contribution in [-0.2, 0) is 9.59 Å². The maximum atomic E-state index is 9.75. The van der Waals surface area contributed by atoms with Crippen molar-refractivity contribution in [2.45, 2.75) is 13.8 Å². The first-order valence-corrected chi connectivity index (χ1v) is 4.59. The number of carboxylic acid groups (broad SMARTS) is 2. The molecule has 4 nitrogen and oxygen atoms in total. The van der Waals surface area contributed by atoms with Gasteiger partial charge in [0, 0.05) is 25.6 Å². The van der Waals surface area contributed by atoms with Crippen molar-refractivity contribution in [3.63, 3.8) is 0 Å². The van der Waals surface area contributed by atoms with Gasteiger partial charge in [-0.1, -0.05) is 36.5 Å². The van der Waals surface area contributed by atoms with Gasteiger partial charge in [-0.25, -0.2) is 9.59 Å². The zero-order valence-corrected chi connectivity index (χ0v) is 10.6. The van der Waals surface area contributed by atoms with Gasteiger partial charge in [0.2, 0.25) is 0 Å². The topological polar surface area (TPSA) is 74.6 Å². The number of hydrogen-bond acceptors (Lipinski definition) is 2. The Kier molecular flexibility index (Phi) is 20.2. The highest BCUT2D eigenvalue weighted by atomic mass is 32.1. The minimum atomic E-state index is -0.914. The van der Waals surface area contributed by atoms with E-state index in [2.05, 4.69) is 0 Å². The summed E-state index contributed by atoms with van der Waals surface area (Å²) in [5.41, 5.74) is 0. The van der Waals surface area contributed by atoms with Gasteiger partial charge in [-0.05, 0) is 13.8 Å². The van der Waals surface area contributed by atoms with Gasteiger partial charge in [0.05, 0.1) is 0 Å². The molecule has 0 fully saturated rings. The summed E-state index contributed by atoms with van der Waals surface area (Å²) in [5.74, 6) is -1.83. The van der Waals surface area contributed by atoms with Gasteiger partial charge >= 0.3 is 11.9 Å². The van der Waals surface area contributed by atoms with Crippen LogP contribution in [0.15, 0.2) is 48.6 Å². The summed E-state index contributed by atoms with van der Waals surface area (Å²) in [6.45, 7) is 3.65. The number of carbonyl (C=O) groups is 2. The zero-order chi connectivity index (χ0) is 12.8. The predicted octanol–water partition coefficient (Wildman–Crippen LogP) is 3.05. The zero-order valence-electron chi connectivity index (χ0n) is 9.74. The number of aliphatic carboxylic acids is 2. The third-order valence-electron chi connectivity index (χ3n) is 1.08. The van der Waals surface area contributed by atoms with Crippen molar-refractivity contribution in [3.8, 4) is 0 Å². The maximum Gasteiger partial charge on any atom is 0.328 e. The molecule has 2 radical (unpaired) electrons. The Labute approximate surface area is 108 Å². The van der Waals surface area contributed by atoms with E-state index in [9.17, 15) is 9.59 Å². The molecule has 0 aromatic carbocycles. The molecule has 0 aliphatic rings. The van der Waals surface area contributed by atoms with Crippen LogP contribution in [-0.4, -0.2) is 22.2 Å². The molecule has 0 unspecified atom stereocenters. The average molecular weight is 256 g/mol. The summed E-state index contributed by atoms with van der Waals surface area (Å²) in [6, 6.07) is 0. The fraction of sp³-hybridized carbons (Fsp3) is 0.167. The minimum absolute atomic E-state index is 0. The third-order valence-corrected chi connectivity index (χ3v) is 1.08. The molecule has 0 saturated carbocycles. The van der Waals surface area contributed by atoms with Crippen LogP contribution in [0.2, 0.25) is 0 Å². The SMILES string of the molecule is C/C=C/C=C/C(=O)O.C/C=C/C=C/C(=O)O.[S]. The molecule has 2 N–H and O–H groups in total. The van der Waals surface area contributed by atoms with E-state index < -0.39 is 11.9 Å². The summed E-state index contributed by atoms with van der Waals surface area (Å²) in [4.78, 5) is 19.5. The Hall–Kier alpha value is -1.75. The van der Waals surface area contributed by atoms with E-state index >= 15 is 0 Å². The predicted molar refractivity (Wildman–Crippen MR) is 70.8 cm³/mol. The van der Waals surface area contributed by atoms with Crippen LogP contribution in [0.5, 0.6) is 0 Å². The van der Waals surface area contributed by atoms with Gasteiger partial charge < -0.3 is 10.2 Å². The van der Waals surface area contributed by atoms with E-state index in [1.54, 1.807) is 24.3 Å². The Morgan fingerprint density at radius 1 is 0.765 bits per heavy atom. The number of rotatable bonds is 4. The van der Waals surface area contributed by atoms with Crippen molar-refractivity contribution in [1.29, 1.82) is 0 Å². The first-order chi connectivity index (χ1) is 7.54. The number of allylic oxidation sites excluding steroid dienone is 6. The molecular formula is C12H16O4S. The van der Waals surface area contributed by atoms with Crippen molar-refractivity contribution in [1.82, 2.24) is 0 Å². The van der Waals surface area contributed by atoms with Crippen LogP contribution in [0, 0.1) is 0 Å². The molecule has 0 aromatic rings. The normalized spacial score (nSPS) is 10.5. The minimum Gasteiger partial charge on any atom is -0.478 e. The lowest BCUT2D eigenvalue weighted by Crippen LogP contribution is -1.83. The van der Waals surface area contributed by atoms with E-state index in [4.69, 9.17) is 10.2 Å². The van der Waals surface area contributed by atoms with Gasteiger partial charge in [-0.3, -0.25) is 0 Å². The van der Waals surface area contributed by atoms with Crippen LogP contribution < -0.4 is 0 Å². The lowest BCUT2D eigenvalue weighted by molar-refractivity contribution is -0.132. The molecule has 0 aliphatic heterocycles. The Balaban J connectivity index is -0.000000218. The van der Waals surface area contributed by atoms with Crippen molar-refractivity contribution >= 4 is 25.4 Å². The Morgan fingerprint density at radius 3 is 1.24 bits per heavy atom. The first kappa shape index (κ1) is 20.6. The molecule has 0 rings (SSSR count). The van der Waals surface area contributed by atoms with Gasteiger partial charge in [-0.2, -0.15) is 0 Å². The van der Waals surface area contributed by atoms with Gasteiger partial charge in [0.25, 0.3) is 0 Å². The molecule has 0 spiro atoms. The number of hydrogen-bond donors (Lipinski definition) is 2. The molecular weight excluding hydrogens is 240 g/mol. The molecule has 0 aliphatic carbocycles. The molecule has 5 heteroatoms. The van der Waals surface area contributed by atoms with Crippen LogP contribution in [0.3, 0.4) is 0 Å². The van der Waals surface area contributed by atoms with Crippen molar-refractivity contribution in [2.75, 3.05) is 0 Å². The van der Waals surface area contributed by atoms with E-state index in [1.165, 1.54) is 12.2 Å². The monoisotopic (exact) mass is 256 g/mol. The fourth-order valence-electron chi connectivity index (χ4n) is 0.498. The smallest absolute Gasteiger partial charge is 0.328 e. The van der Waals surface area contributed by atoms with Crippen LogP contribution >= 0.6 is 13.5 Å². The van der Waals surface area contributed by atoms with Crippen molar-refractivity contribution in [3.05, 3.63) is 48.6 Å². The first-order valence-electron chi connectivity index (χ1n) is 4.59. The van der Waals surface area contributed by atoms with Gasteiger partial charge in [0.15, 0.2) is 0 Å². The average Bonchev–Trinajstić information content (AvgIpc) is 2.18. The lowest BCUT2D eigenvalue weighted by Gasteiger charge is -1.72. The molecule has 0 amide bonds. The van der Waals surface area contributed by atoms with E-state index in [-0.39, 0.29) is 13.5 Å². The summed E-state index contributed by atoms with van der Waals surface area (Å²) < 4.78 is 0. The van der Waals surface area contributed by atoms with E-state index in [0.717, 1.165) is 12.2 Å².